The van der Waals surface area contributed by atoms with E-state index < -0.39 is 5.91 Å². The molecule has 1 aromatic heterocycles. The zero-order valence-electron chi connectivity index (χ0n) is 14.5. The quantitative estimate of drug-likeness (QED) is 0.818. The van der Waals surface area contributed by atoms with Crippen molar-refractivity contribution in [3.8, 4) is 5.75 Å². The highest BCUT2D eigenvalue weighted by Gasteiger charge is 2.13. The topological polar surface area (TPSA) is 60.5 Å². The lowest BCUT2D eigenvalue weighted by molar-refractivity contribution is 0.0998. The highest BCUT2D eigenvalue weighted by Crippen LogP contribution is 2.16. The highest BCUT2D eigenvalue weighted by atomic mass is 32.1. The van der Waals surface area contributed by atoms with Crippen LogP contribution in [0.2, 0.25) is 0 Å². The van der Waals surface area contributed by atoms with E-state index in [9.17, 15) is 4.79 Å². The van der Waals surface area contributed by atoms with E-state index in [4.69, 9.17) is 22.7 Å². The molecule has 0 saturated carbocycles. The number of carbonyl (C=O) groups excluding carboxylic acids is 1. The average molecular weight is 345 g/mol. The van der Waals surface area contributed by atoms with Gasteiger partial charge in [0.25, 0.3) is 5.91 Å². The van der Waals surface area contributed by atoms with Crippen LogP contribution < -0.4 is 10.5 Å². The Bertz CT molecular complexity index is 797. The number of carbonyl (C=O) groups is 1. The van der Waals surface area contributed by atoms with Crippen molar-refractivity contribution in [3.05, 3.63) is 57.4 Å². The van der Waals surface area contributed by atoms with Gasteiger partial charge in [0.2, 0.25) is 0 Å². The van der Waals surface area contributed by atoms with E-state index in [2.05, 4.69) is 4.90 Å². The van der Waals surface area contributed by atoms with Crippen LogP contribution in [0.25, 0.3) is 0 Å². The normalized spacial score (nSPS) is 10.9. The molecule has 1 amide bonds. The second-order valence-corrected chi connectivity index (χ2v) is 6.33. The molecule has 2 N–H and O–H groups in total. The van der Waals surface area contributed by atoms with Gasteiger partial charge in [0.1, 0.15) is 10.4 Å². The first-order valence-corrected chi connectivity index (χ1v) is 8.06. The van der Waals surface area contributed by atoms with E-state index in [1.807, 2.05) is 55.8 Å². The van der Waals surface area contributed by atoms with Crippen LogP contribution in [0.15, 0.2) is 30.3 Å². The van der Waals surface area contributed by atoms with Crippen molar-refractivity contribution in [1.29, 1.82) is 0 Å². The van der Waals surface area contributed by atoms with Gasteiger partial charge in [0.05, 0.1) is 19.3 Å². The molecule has 0 aliphatic carbocycles. The van der Waals surface area contributed by atoms with Gasteiger partial charge >= 0.3 is 0 Å². The summed E-state index contributed by atoms with van der Waals surface area (Å²) in [6.45, 7) is 5.17. The first-order valence-electron chi connectivity index (χ1n) is 7.65. The Morgan fingerprint density at radius 3 is 2.46 bits per heavy atom. The standard InChI is InChI=1S/C18H23N3O2S/c1-12-9-13(2)21(18(24)16(12)17(19)22)11-20(3)10-14-5-7-15(23-4)8-6-14/h5-9H,10-11H2,1-4H3,(H2,19,22). The van der Waals surface area contributed by atoms with Crippen LogP contribution in [0.4, 0.5) is 0 Å². The van der Waals surface area contributed by atoms with Gasteiger partial charge < -0.3 is 15.0 Å². The maximum atomic E-state index is 11.7. The Morgan fingerprint density at radius 2 is 1.92 bits per heavy atom. The van der Waals surface area contributed by atoms with E-state index in [1.165, 1.54) is 5.56 Å². The van der Waals surface area contributed by atoms with E-state index >= 15 is 0 Å². The minimum atomic E-state index is -0.482. The molecule has 0 atom stereocenters. The van der Waals surface area contributed by atoms with Crippen LogP contribution in [0.3, 0.4) is 0 Å². The highest BCUT2D eigenvalue weighted by molar-refractivity contribution is 7.71. The minimum absolute atomic E-state index is 0.424. The van der Waals surface area contributed by atoms with Crippen molar-refractivity contribution in [2.75, 3.05) is 14.2 Å². The van der Waals surface area contributed by atoms with Gasteiger partial charge in [0.15, 0.2) is 0 Å². The number of hydrogen-bond donors (Lipinski definition) is 1. The molecule has 0 saturated heterocycles. The lowest BCUT2D eigenvalue weighted by atomic mass is 10.1. The van der Waals surface area contributed by atoms with E-state index in [1.54, 1.807) is 7.11 Å². The van der Waals surface area contributed by atoms with Crippen molar-refractivity contribution in [1.82, 2.24) is 9.47 Å². The molecular weight excluding hydrogens is 322 g/mol. The third-order valence-electron chi connectivity index (χ3n) is 3.95. The summed E-state index contributed by atoms with van der Waals surface area (Å²) in [6, 6.07) is 9.89. The molecule has 0 aliphatic rings. The molecule has 0 spiro atoms. The SMILES string of the molecule is COc1ccc(CN(C)Cn2c(C)cc(C)c(C(N)=O)c2=S)cc1. The third kappa shape index (κ3) is 4.01. The predicted molar refractivity (Wildman–Crippen MR) is 97.7 cm³/mol. The monoisotopic (exact) mass is 345 g/mol. The lowest BCUT2D eigenvalue weighted by Crippen LogP contribution is -2.25. The fraction of sp³-hybridized carbons (Fsp3) is 0.333. The lowest BCUT2D eigenvalue weighted by Gasteiger charge is -2.22. The molecule has 2 rings (SSSR count). The third-order valence-corrected chi connectivity index (χ3v) is 4.37. The van der Waals surface area contributed by atoms with Crippen molar-refractivity contribution >= 4 is 18.1 Å². The van der Waals surface area contributed by atoms with Crippen LogP contribution in [-0.4, -0.2) is 29.5 Å². The number of pyridine rings is 1. The maximum Gasteiger partial charge on any atom is 0.251 e. The molecule has 0 radical (unpaired) electrons. The molecule has 0 aliphatic heterocycles. The van der Waals surface area contributed by atoms with Gasteiger partial charge in [-0.15, -0.1) is 0 Å². The molecular formula is C18H23N3O2S. The van der Waals surface area contributed by atoms with E-state index in [-0.39, 0.29) is 0 Å². The van der Waals surface area contributed by atoms with Crippen LogP contribution in [0.1, 0.15) is 27.2 Å². The molecule has 0 unspecified atom stereocenters. The Balaban J connectivity index is 2.22. The Labute approximate surface area is 147 Å². The number of methoxy groups -OCH3 is 1. The fourth-order valence-corrected chi connectivity index (χ4v) is 3.20. The van der Waals surface area contributed by atoms with Crippen LogP contribution >= 0.6 is 12.2 Å². The number of primary amides is 1. The number of aromatic nitrogens is 1. The van der Waals surface area contributed by atoms with Gasteiger partial charge in [-0.1, -0.05) is 24.4 Å². The second kappa shape index (κ2) is 7.59. The summed E-state index contributed by atoms with van der Waals surface area (Å²) in [4.78, 5) is 13.8. The summed E-state index contributed by atoms with van der Waals surface area (Å²) < 4.78 is 7.60. The number of benzene rings is 1. The van der Waals surface area contributed by atoms with Crippen molar-refractivity contribution in [3.63, 3.8) is 0 Å². The van der Waals surface area contributed by atoms with Crippen LogP contribution in [0.5, 0.6) is 5.75 Å². The maximum absolute atomic E-state index is 11.7. The number of hydrogen-bond acceptors (Lipinski definition) is 4. The smallest absolute Gasteiger partial charge is 0.251 e. The molecule has 0 fully saturated rings. The summed E-state index contributed by atoms with van der Waals surface area (Å²) in [6.07, 6.45) is 0. The molecule has 2 aromatic rings. The molecule has 24 heavy (non-hydrogen) atoms. The Kier molecular flexibility index (Phi) is 5.75. The van der Waals surface area contributed by atoms with Crippen molar-refractivity contribution in [2.45, 2.75) is 27.1 Å². The summed E-state index contributed by atoms with van der Waals surface area (Å²) >= 11 is 5.48. The number of nitrogens with zero attached hydrogens (tertiary/aromatic N) is 2. The first kappa shape index (κ1) is 18.2. The van der Waals surface area contributed by atoms with Gasteiger partial charge in [-0.3, -0.25) is 9.69 Å². The summed E-state index contributed by atoms with van der Waals surface area (Å²) in [7, 11) is 3.66. The molecule has 5 nitrogen and oxygen atoms in total. The van der Waals surface area contributed by atoms with Crippen molar-refractivity contribution < 1.29 is 9.53 Å². The van der Waals surface area contributed by atoms with E-state index in [0.717, 1.165) is 23.6 Å². The summed E-state index contributed by atoms with van der Waals surface area (Å²) in [5.41, 5.74) is 8.89. The van der Waals surface area contributed by atoms with Crippen LogP contribution in [-0.2, 0) is 13.2 Å². The number of amides is 1. The predicted octanol–water partition coefficient (Wildman–Crippen LogP) is 3.03. The Morgan fingerprint density at radius 1 is 1.29 bits per heavy atom. The molecule has 6 heteroatoms. The van der Waals surface area contributed by atoms with Gasteiger partial charge in [0, 0.05) is 12.2 Å². The number of ether oxygens (including phenoxy) is 1. The zero-order chi connectivity index (χ0) is 17.9. The summed E-state index contributed by atoms with van der Waals surface area (Å²) in [5.74, 6) is 0.355. The minimum Gasteiger partial charge on any atom is -0.497 e. The number of nitrogens with two attached hydrogens (primary N) is 1. The van der Waals surface area contributed by atoms with Gasteiger partial charge in [-0.25, -0.2) is 0 Å². The zero-order valence-corrected chi connectivity index (χ0v) is 15.3. The molecule has 0 bridgehead atoms. The van der Waals surface area contributed by atoms with Gasteiger partial charge in [-0.05, 0) is 50.2 Å². The van der Waals surface area contributed by atoms with Gasteiger partial charge in [-0.2, -0.15) is 0 Å². The van der Waals surface area contributed by atoms with E-state index in [0.29, 0.717) is 16.9 Å². The molecule has 1 aromatic carbocycles. The second-order valence-electron chi connectivity index (χ2n) is 5.94. The molecule has 1 heterocycles. The first-order chi connectivity index (χ1) is 11.3. The number of aryl methyl sites for hydroxylation is 2. The Hall–Kier alpha value is -2.18. The summed E-state index contributed by atoms with van der Waals surface area (Å²) in [5, 5.41) is 0. The molecule has 128 valence electrons. The largest absolute Gasteiger partial charge is 0.497 e. The fourth-order valence-electron chi connectivity index (χ4n) is 2.74. The number of rotatable bonds is 6. The average Bonchev–Trinajstić information content (AvgIpc) is 2.51. The van der Waals surface area contributed by atoms with Crippen molar-refractivity contribution in [2.24, 2.45) is 5.73 Å². The van der Waals surface area contributed by atoms with Crippen LogP contribution in [0, 0.1) is 18.5 Å².